The molecule has 0 aliphatic rings. The van der Waals surface area contributed by atoms with Crippen molar-refractivity contribution in [2.75, 3.05) is 0 Å². The van der Waals surface area contributed by atoms with E-state index in [-0.39, 0.29) is 5.92 Å². The van der Waals surface area contributed by atoms with Gasteiger partial charge in [-0.25, -0.2) is 4.98 Å². The van der Waals surface area contributed by atoms with Crippen LogP contribution in [0.1, 0.15) is 46.0 Å². The third kappa shape index (κ3) is 3.48. The molecule has 3 nitrogen and oxygen atoms in total. The number of hydrogen-bond donors (Lipinski definition) is 0. The lowest BCUT2D eigenvalue weighted by Crippen LogP contribution is -1.99. The van der Waals surface area contributed by atoms with Crippen molar-refractivity contribution in [3.8, 4) is 0 Å². The Morgan fingerprint density at radius 1 is 1.31 bits per heavy atom. The summed E-state index contributed by atoms with van der Waals surface area (Å²) < 4.78 is 24.4. The topological polar surface area (TPSA) is 30.7 Å². The fraction of sp³-hybridized carbons (Fsp3) is 0.750. The molecule has 0 aliphatic heterocycles. The van der Waals surface area contributed by atoms with Gasteiger partial charge in [-0.1, -0.05) is 27.7 Å². The van der Waals surface area contributed by atoms with Crippen LogP contribution in [0.4, 0.5) is 8.78 Å². The Bertz CT molecular complexity index is 211. The van der Waals surface area contributed by atoms with Gasteiger partial charge in [0.15, 0.2) is 5.82 Å². The van der Waals surface area contributed by atoms with Gasteiger partial charge in [0.05, 0.1) is 0 Å². The predicted molar refractivity (Wildman–Crippen MR) is 46.7 cm³/mol. The van der Waals surface area contributed by atoms with Crippen LogP contribution >= 0.6 is 0 Å². The van der Waals surface area contributed by atoms with Crippen LogP contribution < -0.4 is 0 Å². The monoisotopic (exact) mass is 191 g/mol. The molecule has 0 spiro atoms. The van der Waals surface area contributed by atoms with Crippen molar-refractivity contribution in [3.05, 3.63) is 12.2 Å². The molecule has 0 atom stereocenters. The minimum atomic E-state index is -2.59. The Kier molecular flexibility index (Phi) is 5.18. The summed E-state index contributed by atoms with van der Waals surface area (Å²) in [5.41, 5.74) is 0. The summed E-state index contributed by atoms with van der Waals surface area (Å²) in [5.74, 6) is 0.542. The van der Waals surface area contributed by atoms with Crippen LogP contribution in [0.5, 0.6) is 0 Å². The maximum Gasteiger partial charge on any atom is 0.334 e. The molecule has 0 amide bonds. The van der Waals surface area contributed by atoms with E-state index >= 15 is 0 Å². The van der Waals surface area contributed by atoms with Crippen LogP contribution in [0.25, 0.3) is 0 Å². The molecule has 0 bridgehead atoms. The fourth-order valence-electron chi connectivity index (χ4n) is 0.647. The molecule has 0 unspecified atom stereocenters. The van der Waals surface area contributed by atoms with Crippen molar-refractivity contribution >= 4 is 0 Å². The molecule has 76 valence electrons. The SMILES string of the molecule is CC.CC(C)c1ncn(C(F)F)n1. The van der Waals surface area contributed by atoms with E-state index in [2.05, 4.69) is 10.1 Å². The van der Waals surface area contributed by atoms with Crippen LogP contribution in [-0.2, 0) is 0 Å². The summed E-state index contributed by atoms with van der Waals surface area (Å²) in [6, 6.07) is 0. The van der Waals surface area contributed by atoms with Gasteiger partial charge in [-0.15, -0.1) is 0 Å². The molecule has 0 saturated heterocycles. The van der Waals surface area contributed by atoms with Crippen LogP contribution in [0.2, 0.25) is 0 Å². The number of rotatable bonds is 2. The zero-order valence-corrected chi connectivity index (χ0v) is 8.33. The Morgan fingerprint density at radius 2 is 1.85 bits per heavy atom. The maximum atomic E-state index is 11.9. The zero-order valence-electron chi connectivity index (χ0n) is 8.33. The van der Waals surface area contributed by atoms with Crippen molar-refractivity contribution in [1.29, 1.82) is 0 Å². The summed E-state index contributed by atoms with van der Waals surface area (Å²) in [5, 5.41) is 3.56. The third-order valence-electron chi connectivity index (χ3n) is 1.24. The van der Waals surface area contributed by atoms with Crippen molar-refractivity contribution in [2.24, 2.45) is 0 Å². The van der Waals surface area contributed by atoms with Crippen LogP contribution in [0, 0.1) is 0 Å². The summed E-state index contributed by atoms with van der Waals surface area (Å²) >= 11 is 0. The summed E-state index contributed by atoms with van der Waals surface area (Å²) in [7, 11) is 0. The second-order valence-electron chi connectivity index (χ2n) is 2.52. The largest absolute Gasteiger partial charge is 0.334 e. The second-order valence-corrected chi connectivity index (χ2v) is 2.52. The molecular formula is C8H15F2N3. The lowest BCUT2D eigenvalue weighted by molar-refractivity contribution is 0.0558. The molecule has 0 radical (unpaired) electrons. The fourth-order valence-corrected chi connectivity index (χ4v) is 0.647. The highest BCUT2D eigenvalue weighted by Gasteiger charge is 2.10. The second kappa shape index (κ2) is 5.61. The van der Waals surface area contributed by atoms with Gasteiger partial charge in [0.2, 0.25) is 0 Å². The normalized spacial score (nSPS) is 10.2. The van der Waals surface area contributed by atoms with E-state index in [1.807, 2.05) is 27.7 Å². The average Bonchev–Trinajstić information content (AvgIpc) is 2.56. The number of nitrogens with zero attached hydrogens (tertiary/aromatic N) is 3. The highest BCUT2D eigenvalue weighted by molar-refractivity contribution is 4.88. The van der Waals surface area contributed by atoms with E-state index in [0.717, 1.165) is 6.33 Å². The van der Waals surface area contributed by atoms with Crippen molar-refractivity contribution in [2.45, 2.75) is 40.2 Å². The van der Waals surface area contributed by atoms with Crippen LogP contribution in [0.15, 0.2) is 6.33 Å². The first-order valence-corrected chi connectivity index (χ1v) is 4.30. The summed E-state index contributed by atoms with van der Waals surface area (Å²) in [4.78, 5) is 3.71. The number of hydrogen-bond acceptors (Lipinski definition) is 2. The van der Waals surface area contributed by atoms with Gasteiger partial charge in [-0.2, -0.15) is 18.6 Å². The zero-order chi connectivity index (χ0) is 10.4. The molecular weight excluding hydrogens is 176 g/mol. The smallest absolute Gasteiger partial charge is 0.220 e. The predicted octanol–water partition coefficient (Wildman–Crippen LogP) is 2.82. The lowest BCUT2D eigenvalue weighted by atomic mass is 10.2. The van der Waals surface area contributed by atoms with Crippen molar-refractivity contribution in [1.82, 2.24) is 14.8 Å². The number of aromatic nitrogens is 3. The van der Waals surface area contributed by atoms with E-state index in [1.165, 1.54) is 0 Å². The Balaban J connectivity index is 0.000000671. The molecule has 1 aromatic rings. The molecule has 1 heterocycles. The first kappa shape index (κ1) is 12.0. The average molecular weight is 191 g/mol. The minimum Gasteiger partial charge on any atom is -0.220 e. The summed E-state index contributed by atoms with van der Waals surface area (Å²) in [6.07, 6.45) is 1.04. The molecule has 0 N–H and O–H groups in total. The van der Waals surface area contributed by atoms with Gasteiger partial charge < -0.3 is 0 Å². The molecule has 0 fully saturated rings. The first-order valence-electron chi connectivity index (χ1n) is 4.30. The number of halogens is 2. The molecule has 0 aromatic carbocycles. The summed E-state index contributed by atoms with van der Waals surface area (Å²) in [6.45, 7) is 5.12. The van der Waals surface area contributed by atoms with Crippen LogP contribution in [0.3, 0.4) is 0 Å². The molecule has 0 aliphatic carbocycles. The Hall–Kier alpha value is -1.00. The standard InChI is InChI=1S/C6H9F2N3.C2H6/c1-4(2)5-9-3-11(10-5)6(7)8;1-2/h3-4,6H,1-2H3;1-2H3. The van der Waals surface area contributed by atoms with Gasteiger partial charge in [0, 0.05) is 5.92 Å². The third-order valence-corrected chi connectivity index (χ3v) is 1.24. The minimum absolute atomic E-state index is 0.0926. The van der Waals surface area contributed by atoms with Gasteiger partial charge >= 0.3 is 6.55 Å². The van der Waals surface area contributed by atoms with Gasteiger partial charge in [0.1, 0.15) is 6.33 Å². The maximum absolute atomic E-state index is 11.9. The van der Waals surface area contributed by atoms with Crippen LogP contribution in [-0.4, -0.2) is 14.8 Å². The molecule has 13 heavy (non-hydrogen) atoms. The van der Waals surface area contributed by atoms with Gasteiger partial charge in [-0.3, -0.25) is 0 Å². The molecule has 1 aromatic heterocycles. The van der Waals surface area contributed by atoms with Crippen molar-refractivity contribution < 1.29 is 8.78 Å². The Morgan fingerprint density at radius 3 is 2.08 bits per heavy atom. The number of alkyl halides is 2. The highest BCUT2D eigenvalue weighted by Crippen LogP contribution is 2.11. The van der Waals surface area contributed by atoms with E-state index in [0.29, 0.717) is 10.5 Å². The quantitative estimate of drug-likeness (QED) is 0.719. The highest BCUT2D eigenvalue weighted by atomic mass is 19.3. The molecule has 0 saturated carbocycles. The van der Waals surface area contributed by atoms with Gasteiger partial charge in [0.25, 0.3) is 0 Å². The Labute approximate surface area is 76.8 Å². The van der Waals surface area contributed by atoms with E-state index in [1.54, 1.807) is 0 Å². The van der Waals surface area contributed by atoms with E-state index in [4.69, 9.17) is 0 Å². The van der Waals surface area contributed by atoms with Crippen molar-refractivity contribution in [3.63, 3.8) is 0 Å². The van der Waals surface area contributed by atoms with E-state index < -0.39 is 6.55 Å². The van der Waals surface area contributed by atoms with E-state index in [9.17, 15) is 8.78 Å². The lowest BCUT2D eigenvalue weighted by Gasteiger charge is -1.96. The van der Waals surface area contributed by atoms with Gasteiger partial charge in [-0.05, 0) is 0 Å². The molecule has 1 rings (SSSR count). The molecule has 5 heteroatoms. The first-order chi connectivity index (χ1) is 6.11.